The molecule has 7 nitrogen and oxygen atoms in total. The van der Waals surface area contributed by atoms with Gasteiger partial charge in [-0.05, 0) is 38.9 Å². The molecule has 1 fully saturated rings. The molecule has 0 radical (unpaired) electrons. The fourth-order valence-electron chi connectivity index (χ4n) is 3.29. The number of hydrogen-bond donors (Lipinski definition) is 2. The first-order valence-corrected chi connectivity index (χ1v) is 10.9. The van der Waals surface area contributed by atoms with Crippen molar-refractivity contribution < 1.29 is 18.0 Å². The molecule has 0 saturated carbocycles. The summed E-state index contributed by atoms with van der Waals surface area (Å²) in [7, 11) is -1.56. The van der Waals surface area contributed by atoms with E-state index in [1.165, 1.54) is 0 Å². The number of carbonyl (C=O) groups excluding carboxylic acids is 2. The molecule has 1 saturated heterocycles. The zero-order valence-corrected chi connectivity index (χ0v) is 17.6. The monoisotopic (exact) mass is 415 g/mol. The molecule has 9 heteroatoms. The van der Waals surface area contributed by atoms with E-state index in [0.717, 1.165) is 22.4 Å². The van der Waals surface area contributed by atoms with Gasteiger partial charge in [-0.25, -0.2) is 8.42 Å². The minimum absolute atomic E-state index is 0.0283. The summed E-state index contributed by atoms with van der Waals surface area (Å²) < 4.78 is 23.1. The van der Waals surface area contributed by atoms with Crippen molar-refractivity contribution in [3.8, 4) is 0 Å². The molecule has 1 aromatic carbocycles. The van der Waals surface area contributed by atoms with Crippen LogP contribution in [0.15, 0.2) is 12.1 Å². The van der Waals surface area contributed by atoms with E-state index in [4.69, 9.17) is 11.6 Å². The topological polar surface area (TPSA) is 95.6 Å². The number of likely N-dealkylation sites (N-methyl/N-ethyl adjacent to an activating group) is 1. The highest BCUT2D eigenvalue weighted by Crippen LogP contribution is 2.22. The Labute approximate surface area is 165 Å². The van der Waals surface area contributed by atoms with Gasteiger partial charge in [-0.1, -0.05) is 17.7 Å². The summed E-state index contributed by atoms with van der Waals surface area (Å²) in [5.74, 6) is -0.865. The lowest BCUT2D eigenvalue weighted by molar-refractivity contribution is -0.123. The molecule has 0 aromatic heterocycles. The lowest BCUT2D eigenvalue weighted by Crippen LogP contribution is -2.46. The lowest BCUT2D eigenvalue weighted by atomic mass is 10.1. The van der Waals surface area contributed by atoms with Gasteiger partial charge in [-0.3, -0.25) is 14.5 Å². The van der Waals surface area contributed by atoms with Crippen molar-refractivity contribution in [2.75, 3.05) is 37.0 Å². The Morgan fingerprint density at radius 3 is 2.19 bits per heavy atom. The number of hydrogen-bond acceptors (Lipinski definition) is 5. The van der Waals surface area contributed by atoms with Crippen LogP contribution >= 0.6 is 11.6 Å². The highest BCUT2D eigenvalue weighted by molar-refractivity contribution is 7.91. The molecule has 0 bridgehead atoms. The number of amides is 2. The Bertz CT molecular complexity index is 818. The number of alkyl halides is 1. The van der Waals surface area contributed by atoms with Crippen molar-refractivity contribution in [3.05, 3.63) is 28.8 Å². The molecule has 2 amide bonds. The second-order valence-corrected chi connectivity index (χ2v) is 9.98. The van der Waals surface area contributed by atoms with Crippen molar-refractivity contribution in [1.29, 1.82) is 0 Å². The van der Waals surface area contributed by atoms with Crippen LogP contribution in [0, 0.1) is 20.8 Å². The van der Waals surface area contributed by atoms with Gasteiger partial charge in [0.2, 0.25) is 11.8 Å². The van der Waals surface area contributed by atoms with Crippen LogP contribution in [0.4, 0.5) is 5.69 Å². The average molecular weight is 416 g/mol. The number of benzene rings is 1. The fourth-order valence-corrected chi connectivity index (χ4v) is 5.84. The first-order valence-electron chi connectivity index (χ1n) is 8.67. The van der Waals surface area contributed by atoms with E-state index in [2.05, 4.69) is 10.6 Å². The number of sulfone groups is 1. The van der Waals surface area contributed by atoms with Gasteiger partial charge in [-0.2, -0.15) is 0 Å². The molecule has 2 rings (SSSR count). The first-order chi connectivity index (χ1) is 12.5. The van der Waals surface area contributed by atoms with Crippen molar-refractivity contribution in [3.63, 3.8) is 0 Å². The molecule has 0 unspecified atom stereocenters. The molecular formula is C18H26ClN3O4S. The summed E-state index contributed by atoms with van der Waals surface area (Å²) in [5, 5.41) is 4.90. The van der Waals surface area contributed by atoms with Crippen molar-refractivity contribution >= 4 is 38.9 Å². The first kappa shape index (κ1) is 21.7. The third-order valence-electron chi connectivity index (χ3n) is 4.40. The van der Waals surface area contributed by atoms with E-state index < -0.39 is 21.3 Å². The fraction of sp³-hybridized carbons (Fsp3) is 0.556. The maximum absolute atomic E-state index is 12.3. The number of carbonyl (C=O) groups is 2. The quantitative estimate of drug-likeness (QED) is 0.676. The minimum Gasteiger partial charge on any atom is -0.350 e. The molecule has 0 spiro atoms. The van der Waals surface area contributed by atoms with Crippen molar-refractivity contribution in [2.24, 2.45) is 0 Å². The van der Waals surface area contributed by atoms with Gasteiger partial charge in [-0.15, -0.1) is 11.6 Å². The van der Waals surface area contributed by atoms with Crippen LogP contribution in [-0.4, -0.2) is 68.2 Å². The maximum atomic E-state index is 12.3. The Balaban J connectivity index is 1.85. The molecule has 1 aromatic rings. The summed E-state index contributed by atoms with van der Waals surface area (Å²) in [6, 6.07) is 3.40. The van der Waals surface area contributed by atoms with E-state index in [0.29, 0.717) is 0 Å². The van der Waals surface area contributed by atoms with E-state index in [1.54, 1.807) is 11.9 Å². The number of nitrogens with zero attached hydrogens (tertiary/aromatic N) is 1. The van der Waals surface area contributed by atoms with Crippen LogP contribution < -0.4 is 10.6 Å². The van der Waals surface area contributed by atoms with Gasteiger partial charge in [0.05, 0.1) is 36.0 Å². The van der Waals surface area contributed by atoms with E-state index in [9.17, 15) is 18.0 Å². The number of rotatable bonds is 6. The summed E-state index contributed by atoms with van der Waals surface area (Å²) in [5.41, 5.74) is 3.88. The van der Waals surface area contributed by atoms with Gasteiger partial charge in [0.1, 0.15) is 0 Å². The molecule has 2 atom stereocenters. The molecular weight excluding hydrogens is 390 g/mol. The lowest BCUT2D eigenvalue weighted by Gasteiger charge is -2.20. The molecule has 1 aliphatic rings. The molecule has 1 heterocycles. The normalized spacial score (nSPS) is 21.3. The van der Waals surface area contributed by atoms with Crippen LogP contribution in [0.25, 0.3) is 0 Å². The van der Waals surface area contributed by atoms with Crippen molar-refractivity contribution in [1.82, 2.24) is 10.2 Å². The third kappa shape index (κ3) is 6.19. The van der Waals surface area contributed by atoms with E-state index in [-0.39, 0.29) is 36.4 Å². The summed E-state index contributed by atoms with van der Waals surface area (Å²) in [6.07, 6.45) is 0. The third-order valence-corrected chi connectivity index (χ3v) is 6.77. The van der Waals surface area contributed by atoms with Crippen LogP contribution in [-0.2, 0) is 19.4 Å². The van der Waals surface area contributed by atoms with Crippen LogP contribution in [0.1, 0.15) is 16.7 Å². The van der Waals surface area contributed by atoms with Crippen LogP contribution in [0.5, 0.6) is 0 Å². The van der Waals surface area contributed by atoms with E-state index >= 15 is 0 Å². The Hall–Kier alpha value is -1.64. The zero-order chi connectivity index (χ0) is 20.4. The predicted molar refractivity (Wildman–Crippen MR) is 107 cm³/mol. The highest BCUT2D eigenvalue weighted by Gasteiger charge is 2.37. The van der Waals surface area contributed by atoms with Crippen LogP contribution in [0.3, 0.4) is 0 Å². The largest absolute Gasteiger partial charge is 0.350 e. The van der Waals surface area contributed by atoms with Crippen LogP contribution in [0.2, 0.25) is 0 Å². The zero-order valence-electron chi connectivity index (χ0n) is 16.0. The predicted octanol–water partition coefficient (Wildman–Crippen LogP) is 1.00. The van der Waals surface area contributed by atoms with Gasteiger partial charge < -0.3 is 10.6 Å². The summed E-state index contributed by atoms with van der Waals surface area (Å²) in [6.45, 7) is 5.88. The Morgan fingerprint density at radius 2 is 1.67 bits per heavy atom. The molecule has 2 N–H and O–H groups in total. The number of aryl methyl sites for hydroxylation is 3. The number of anilines is 1. The molecule has 150 valence electrons. The van der Waals surface area contributed by atoms with Gasteiger partial charge >= 0.3 is 0 Å². The molecule has 1 aliphatic heterocycles. The van der Waals surface area contributed by atoms with Gasteiger partial charge in [0, 0.05) is 5.69 Å². The molecule has 27 heavy (non-hydrogen) atoms. The number of halogens is 1. The Morgan fingerprint density at radius 1 is 1.11 bits per heavy atom. The second kappa shape index (κ2) is 8.58. The second-order valence-electron chi connectivity index (χ2n) is 7.26. The number of nitrogens with one attached hydrogen (secondary N) is 2. The standard InChI is InChI=1S/C18H26ClN3O4S/c1-11-5-12(2)18(13(3)6-11)21-17(24)8-22(4)7-16(23)20-15-10-27(25,26)9-14(15)19/h5-6,14-15H,7-10H2,1-4H3,(H,20,23)(H,21,24)/t14-,15-/m0/s1. The smallest absolute Gasteiger partial charge is 0.238 e. The van der Waals surface area contributed by atoms with Crippen molar-refractivity contribution in [2.45, 2.75) is 32.2 Å². The SMILES string of the molecule is Cc1cc(C)c(NC(=O)CN(C)CC(=O)N[C@H]2CS(=O)(=O)C[C@@H]2Cl)c(C)c1. The van der Waals surface area contributed by atoms with Gasteiger partial charge in [0.25, 0.3) is 0 Å². The van der Waals surface area contributed by atoms with E-state index in [1.807, 2.05) is 32.9 Å². The minimum atomic E-state index is -3.21. The van der Waals surface area contributed by atoms with Gasteiger partial charge in [0.15, 0.2) is 9.84 Å². The highest BCUT2D eigenvalue weighted by atomic mass is 35.5. The molecule has 0 aliphatic carbocycles. The Kier molecular flexibility index (Phi) is 6.88. The summed E-state index contributed by atoms with van der Waals surface area (Å²) in [4.78, 5) is 26.0. The average Bonchev–Trinajstić information content (AvgIpc) is 2.74. The maximum Gasteiger partial charge on any atom is 0.238 e. The summed E-state index contributed by atoms with van der Waals surface area (Å²) >= 11 is 5.99.